The topological polar surface area (TPSA) is 55.2 Å². The first-order valence-corrected chi connectivity index (χ1v) is 6.92. The quantitative estimate of drug-likeness (QED) is 0.943. The van der Waals surface area contributed by atoms with Gasteiger partial charge in [-0.25, -0.2) is 0 Å². The van der Waals surface area contributed by atoms with Crippen LogP contribution in [0.25, 0.3) is 0 Å². The van der Waals surface area contributed by atoms with Gasteiger partial charge in [-0.05, 0) is 29.3 Å². The van der Waals surface area contributed by atoms with Gasteiger partial charge in [0.1, 0.15) is 5.75 Å². The number of halogens is 1. The lowest BCUT2D eigenvalue weighted by atomic mass is 10.00. The molecule has 98 valence electrons. The minimum atomic E-state index is -0.599. The molecule has 0 spiro atoms. The average molecular weight is 321 g/mol. The summed E-state index contributed by atoms with van der Waals surface area (Å²) in [5.74, 6) is 0.921. The van der Waals surface area contributed by atoms with E-state index in [2.05, 4.69) is 32.2 Å². The standard InChI is InChI=1S/C14H13BrN2O2/c15-12-5-9-2-4-19-14(9)11(6-12)7-13(18)10-1-3-16-17-8-10/h1,3,5-6,8,13,18H,2,4,7H2. The Kier molecular flexibility index (Phi) is 3.48. The highest BCUT2D eigenvalue weighted by Gasteiger charge is 2.20. The molecule has 1 N–H and O–H groups in total. The zero-order valence-electron chi connectivity index (χ0n) is 10.2. The number of hydrogen-bond acceptors (Lipinski definition) is 4. The van der Waals surface area contributed by atoms with Crippen molar-refractivity contribution in [2.45, 2.75) is 18.9 Å². The molecule has 1 aromatic heterocycles. The molecule has 2 aromatic rings. The van der Waals surface area contributed by atoms with Crippen molar-refractivity contribution in [3.63, 3.8) is 0 Å². The number of aromatic nitrogens is 2. The van der Waals surface area contributed by atoms with Gasteiger partial charge < -0.3 is 9.84 Å². The predicted molar refractivity (Wildman–Crippen MR) is 74.0 cm³/mol. The number of aliphatic hydroxyl groups excluding tert-OH is 1. The second kappa shape index (κ2) is 5.27. The van der Waals surface area contributed by atoms with Crippen LogP contribution in [-0.2, 0) is 12.8 Å². The maximum absolute atomic E-state index is 10.3. The second-order valence-electron chi connectivity index (χ2n) is 4.55. The van der Waals surface area contributed by atoms with Gasteiger partial charge in [0.05, 0.1) is 18.9 Å². The summed E-state index contributed by atoms with van der Waals surface area (Å²) in [7, 11) is 0. The maximum Gasteiger partial charge on any atom is 0.125 e. The Labute approximate surface area is 119 Å². The fourth-order valence-electron chi connectivity index (χ4n) is 2.32. The molecular formula is C14H13BrN2O2. The van der Waals surface area contributed by atoms with E-state index in [9.17, 15) is 5.11 Å². The number of rotatable bonds is 3. The summed E-state index contributed by atoms with van der Waals surface area (Å²) in [6.07, 6.45) is 4.00. The molecule has 1 aliphatic heterocycles. The molecule has 1 atom stereocenters. The smallest absolute Gasteiger partial charge is 0.125 e. The molecule has 4 nitrogen and oxygen atoms in total. The third-order valence-corrected chi connectivity index (χ3v) is 3.69. The van der Waals surface area contributed by atoms with Crippen LogP contribution >= 0.6 is 15.9 Å². The molecule has 0 saturated heterocycles. The normalized spacial score (nSPS) is 14.8. The third-order valence-electron chi connectivity index (χ3n) is 3.23. The SMILES string of the molecule is OC(Cc1cc(Br)cc2c1OCC2)c1ccnnc1. The molecule has 2 heterocycles. The number of nitrogens with zero attached hydrogens (tertiary/aromatic N) is 2. The van der Waals surface area contributed by atoms with Crippen molar-refractivity contribution in [1.82, 2.24) is 10.2 Å². The number of fused-ring (bicyclic) bond motifs is 1. The first kappa shape index (κ1) is 12.6. The number of ether oxygens (including phenoxy) is 1. The highest BCUT2D eigenvalue weighted by molar-refractivity contribution is 9.10. The van der Waals surface area contributed by atoms with E-state index in [-0.39, 0.29) is 0 Å². The molecule has 0 amide bonds. The Balaban J connectivity index is 1.88. The minimum absolute atomic E-state index is 0.507. The average Bonchev–Trinajstić information content (AvgIpc) is 2.88. The molecule has 0 radical (unpaired) electrons. The van der Waals surface area contributed by atoms with Gasteiger partial charge in [-0.15, -0.1) is 0 Å². The Hall–Kier alpha value is -1.46. The van der Waals surface area contributed by atoms with Gasteiger partial charge in [-0.2, -0.15) is 10.2 Å². The summed E-state index contributed by atoms with van der Waals surface area (Å²) in [5.41, 5.74) is 2.98. The van der Waals surface area contributed by atoms with E-state index >= 15 is 0 Å². The van der Waals surface area contributed by atoms with E-state index < -0.39 is 6.10 Å². The Morgan fingerprint density at radius 2 is 2.26 bits per heavy atom. The molecule has 0 saturated carbocycles. The van der Waals surface area contributed by atoms with Crippen LogP contribution in [0, 0.1) is 0 Å². The van der Waals surface area contributed by atoms with Crippen molar-refractivity contribution < 1.29 is 9.84 Å². The Morgan fingerprint density at radius 3 is 3.05 bits per heavy atom. The maximum atomic E-state index is 10.3. The van der Waals surface area contributed by atoms with Crippen LogP contribution in [0.5, 0.6) is 5.75 Å². The van der Waals surface area contributed by atoms with Crippen LogP contribution in [0.15, 0.2) is 35.1 Å². The van der Waals surface area contributed by atoms with Gasteiger partial charge >= 0.3 is 0 Å². The monoisotopic (exact) mass is 320 g/mol. The van der Waals surface area contributed by atoms with E-state index in [1.165, 1.54) is 5.56 Å². The summed E-state index contributed by atoms with van der Waals surface area (Å²) >= 11 is 3.50. The van der Waals surface area contributed by atoms with Crippen molar-refractivity contribution in [1.29, 1.82) is 0 Å². The van der Waals surface area contributed by atoms with Crippen LogP contribution in [0.4, 0.5) is 0 Å². The van der Waals surface area contributed by atoms with Crippen LogP contribution < -0.4 is 4.74 Å². The lowest BCUT2D eigenvalue weighted by Crippen LogP contribution is -2.04. The molecular weight excluding hydrogens is 308 g/mol. The minimum Gasteiger partial charge on any atom is -0.493 e. The molecule has 0 bridgehead atoms. The van der Waals surface area contributed by atoms with Crippen molar-refractivity contribution >= 4 is 15.9 Å². The van der Waals surface area contributed by atoms with Crippen LogP contribution in [-0.4, -0.2) is 21.9 Å². The summed E-state index contributed by atoms with van der Waals surface area (Å²) in [6.45, 7) is 0.714. The van der Waals surface area contributed by atoms with Gasteiger partial charge in [-0.3, -0.25) is 0 Å². The highest BCUT2D eigenvalue weighted by atomic mass is 79.9. The zero-order chi connectivity index (χ0) is 13.2. The van der Waals surface area contributed by atoms with Crippen molar-refractivity contribution in [3.8, 4) is 5.75 Å². The predicted octanol–water partition coefficient (Wildman–Crippen LogP) is 2.45. The zero-order valence-corrected chi connectivity index (χ0v) is 11.8. The number of benzene rings is 1. The van der Waals surface area contributed by atoms with Gasteiger partial charge in [0.2, 0.25) is 0 Å². The van der Waals surface area contributed by atoms with Crippen LogP contribution in [0.2, 0.25) is 0 Å². The van der Waals surface area contributed by atoms with Crippen LogP contribution in [0.3, 0.4) is 0 Å². The number of aliphatic hydroxyl groups is 1. The third kappa shape index (κ3) is 2.62. The van der Waals surface area contributed by atoms with Gasteiger partial charge in [-0.1, -0.05) is 15.9 Å². The summed E-state index contributed by atoms with van der Waals surface area (Å²) in [4.78, 5) is 0. The van der Waals surface area contributed by atoms with Crippen molar-refractivity contribution in [2.75, 3.05) is 6.61 Å². The molecule has 19 heavy (non-hydrogen) atoms. The van der Waals surface area contributed by atoms with Gasteiger partial charge in [0, 0.05) is 29.1 Å². The van der Waals surface area contributed by atoms with E-state index in [0.717, 1.165) is 27.8 Å². The van der Waals surface area contributed by atoms with E-state index in [4.69, 9.17) is 4.74 Å². The lowest BCUT2D eigenvalue weighted by molar-refractivity contribution is 0.176. The second-order valence-corrected chi connectivity index (χ2v) is 5.46. The molecule has 1 aromatic carbocycles. The van der Waals surface area contributed by atoms with E-state index in [1.54, 1.807) is 18.5 Å². The number of hydrogen-bond donors (Lipinski definition) is 1. The largest absolute Gasteiger partial charge is 0.493 e. The van der Waals surface area contributed by atoms with Crippen LogP contribution in [0.1, 0.15) is 22.8 Å². The molecule has 1 unspecified atom stereocenters. The molecule has 0 fully saturated rings. The first-order chi connectivity index (χ1) is 9.24. The molecule has 3 rings (SSSR count). The van der Waals surface area contributed by atoms with Crippen molar-refractivity contribution in [2.24, 2.45) is 0 Å². The van der Waals surface area contributed by atoms with E-state index in [0.29, 0.717) is 13.0 Å². The lowest BCUT2D eigenvalue weighted by Gasteiger charge is -2.13. The van der Waals surface area contributed by atoms with E-state index in [1.807, 2.05) is 6.07 Å². The fourth-order valence-corrected chi connectivity index (χ4v) is 2.87. The first-order valence-electron chi connectivity index (χ1n) is 6.13. The molecule has 5 heteroatoms. The Bertz CT molecular complexity index is 589. The Morgan fingerprint density at radius 1 is 1.37 bits per heavy atom. The molecule has 0 aliphatic carbocycles. The summed E-state index contributed by atoms with van der Waals surface area (Å²) in [6, 6.07) is 5.85. The summed E-state index contributed by atoms with van der Waals surface area (Å²) in [5, 5.41) is 17.8. The van der Waals surface area contributed by atoms with Crippen molar-refractivity contribution in [3.05, 3.63) is 51.8 Å². The fraction of sp³-hybridized carbons (Fsp3) is 0.286. The highest BCUT2D eigenvalue weighted by Crippen LogP contribution is 2.35. The summed E-state index contributed by atoms with van der Waals surface area (Å²) < 4.78 is 6.68. The van der Waals surface area contributed by atoms with Gasteiger partial charge in [0.15, 0.2) is 0 Å². The van der Waals surface area contributed by atoms with Gasteiger partial charge in [0.25, 0.3) is 0 Å². The molecule has 1 aliphatic rings.